The van der Waals surface area contributed by atoms with Gasteiger partial charge in [-0.05, 0) is 0 Å². The lowest BCUT2D eigenvalue weighted by Gasteiger charge is -1.83. The van der Waals surface area contributed by atoms with Crippen LogP contribution in [0.3, 0.4) is 0 Å². The van der Waals surface area contributed by atoms with Gasteiger partial charge in [0.25, 0.3) is 0 Å². The van der Waals surface area contributed by atoms with Crippen LogP contribution in [0.5, 0.6) is 0 Å². The summed E-state index contributed by atoms with van der Waals surface area (Å²) >= 11 is 0. The van der Waals surface area contributed by atoms with E-state index >= 15 is 0 Å². The smallest absolute Gasteiger partial charge is 0.0279 e. The zero-order chi connectivity index (χ0) is 4.83. The summed E-state index contributed by atoms with van der Waals surface area (Å²) in [6.07, 6.45) is 3.29. The molecule has 36 valence electrons. The van der Waals surface area contributed by atoms with Crippen molar-refractivity contribution in [1.82, 2.24) is 10.7 Å². The SMILES string of the molecule is CN/C=C/NN. The molecule has 0 saturated heterocycles. The van der Waals surface area contributed by atoms with Gasteiger partial charge >= 0.3 is 0 Å². The molecule has 0 aliphatic rings. The summed E-state index contributed by atoms with van der Waals surface area (Å²) in [5, 5.41) is 2.75. The van der Waals surface area contributed by atoms with E-state index in [2.05, 4.69) is 10.7 Å². The summed E-state index contributed by atoms with van der Waals surface area (Å²) in [6.45, 7) is 0. The van der Waals surface area contributed by atoms with Crippen molar-refractivity contribution in [1.29, 1.82) is 0 Å². The highest BCUT2D eigenvalue weighted by Gasteiger charge is 1.52. The maximum absolute atomic E-state index is 4.84. The Hall–Kier alpha value is -0.700. The van der Waals surface area contributed by atoms with Crippen molar-refractivity contribution < 1.29 is 0 Å². The van der Waals surface area contributed by atoms with Gasteiger partial charge in [0.05, 0.1) is 0 Å². The second-order valence-electron chi connectivity index (χ2n) is 0.789. The van der Waals surface area contributed by atoms with Gasteiger partial charge < -0.3 is 10.7 Å². The van der Waals surface area contributed by atoms with E-state index in [1.165, 1.54) is 0 Å². The molecule has 0 heterocycles. The van der Waals surface area contributed by atoms with E-state index in [4.69, 9.17) is 5.84 Å². The maximum atomic E-state index is 4.84. The molecule has 0 aromatic carbocycles. The van der Waals surface area contributed by atoms with Crippen molar-refractivity contribution >= 4 is 0 Å². The van der Waals surface area contributed by atoms with Crippen LogP contribution in [0.1, 0.15) is 0 Å². The lowest BCUT2D eigenvalue weighted by molar-refractivity contribution is 0.943. The van der Waals surface area contributed by atoms with Crippen molar-refractivity contribution in [2.24, 2.45) is 5.84 Å². The molecule has 4 N–H and O–H groups in total. The Morgan fingerprint density at radius 3 is 2.33 bits per heavy atom. The van der Waals surface area contributed by atoms with Gasteiger partial charge in [0.1, 0.15) is 0 Å². The molecule has 6 heavy (non-hydrogen) atoms. The highest BCUT2D eigenvalue weighted by Crippen LogP contribution is 1.47. The van der Waals surface area contributed by atoms with Crippen molar-refractivity contribution in [2.45, 2.75) is 0 Å². The number of hydrazine groups is 1. The topological polar surface area (TPSA) is 50.1 Å². The number of hydrogen-bond donors (Lipinski definition) is 3. The minimum absolute atomic E-state index is 1.60. The highest BCUT2D eigenvalue weighted by molar-refractivity contribution is 4.71. The van der Waals surface area contributed by atoms with Crippen molar-refractivity contribution in [3.05, 3.63) is 12.4 Å². The highest BCUT2D eigenvalue weighted by atomic mass is 15.2. The standard InChI is InChI=1S/C3H9N3/c1-5-2-3-6-4/h2-3,5-6H,4H2,1H3/b3-2+. The Kier molecular flexibility index (Phi) is 3.80. The number of nitrogens with one attached hydrogen (secondary N) is 2. The molecule has 0 aromatic heterocycles. The summed E-state index contributed by atoms with van der Waals surface area (Å²) in [5.41, 5.74) is 2.33. The van der Waals surface area contributed by atoms with Crippen molar-refractivity contribution in [2.75, 3.05) is 7.05 Å². The quantitative estimate of drug-likeness (QED) is 0.303. The molecule has 3 heteroatoms. The molecular weight excluding hydrogens is 78.1 g/mol. The van der Waals surface area contributed by atoms with E-state index in [0.717, 1.165) is 0 Å². The summed E-state index contributed by atoms with van der Waals surface area (Å²) in [7, 11) is 1.80. The minimum atomic E-state index is 1.60. The van der Waals surface area contributed by atoms with Crippen LogP contribution >= 0.6 is 0 Å². The lowest BCUT2D eigenvalue weighted by Crippen LogP contribution is -2.14. The Morgan fingerprint density at radius 1 is 1.50 bits per heavy atom. The zero-order valence-electron chi connectivity index (χ0n) is 3.73. The molecule has 0 spiro atoms. The first-order chi connectivity index (χ1) is 2.91. The van der Waals surface area contributed by atoms with Crippen LogP contribution in [-0.4, -0.2) is 7.05 Å². The van der Waals surface area contributed by atoms with E-state index in [-0.39, 0.29) is 0 Å². The van der Waals surface area contributed by atoms with Gasteiger partial charge in [-0.3, -0.25) is 5.84 Å². The third-order valence-electron chi connectivity index (χ3n) is 0.346. The van der Waals surface area contributed by atoms with E-state index < -0.39 is 0 Å². The Morgan fingerprint density at radius 2 is 2.17 bits per heavy atom. The van der Waals surface area contributed by atoms with Crippen molar-refractivity contribution in [3.8, 4) is 0 Å². The predicted molar refractivity (Wildman–Crippen MR) is 25.5 cm³/mol. The monoisotopic (exact) mass is 87.1 g/mol. The molecule has 0 fully saturated rings. The molecule has 0 amide bonds. The van der Waals surface area contributed by atoms with E-state index in [9.17, 15) is 0 Å². The van der Waals surface area contributed by atoms with Crippen LogP contribution in [0.15, 0.2) is 12.4 Å². The largest absolute Gasteiger partial charge is 0.393 e. The molecule has 0 saturated carbocycles. The first kappa shape index (κ1) is 5.30. The molecule has 0 aromatic rings. The van der Waals surface area contributed by atoms with Crippen LogP contribution in [-0.2, 0) is 0 Å². The van der Waals surface area contributed by atoms with Gasteiger partial charge in [0.2, 0.25) is 0 Å². The van der Waals surface area contributed by atoms with Crippen molar-refractivity contribution in [3.63, 3.8) is 0 Å². The molecule has 0 aliphatic heterocycles. The summed E-state index contributed by atoms with van der Waals surface area (Å²) in [6, 6.07) is 0. The fraction of sp³-hybridized carbons (Fsp3) is 0.333. The summed E-state index contributed by atoms with van der Waals surface area (Å²) in [4.78, 5) is 0. The minimum Gasteiger partial charge on any atom is -0.393 e. The van der Waals surface area contributed by atoms with Crippen LogP contribution in [0.25, 0.3) is 0 Å². The molecule has 0 unspecified atom stereocenters. The second-order valence-corrected chi connectivity index (χ2v) is 0.789. The maximum Gasteiger partial charge on any atom is 0.0279 e. The zero-order valence-corrected chi connectivity index (χ0v) is 3.73. The first-order valence-electron chi connectivity index (χ1n) is 1.70. The molecule has 0 radical (unpaired) electrons. The first-order valence-corrected chi connectivity index (χ1v) is 1.70. The summed E-state index contributed by atoms with van der Waals surface area (Å²) < 4.78 is 0. The number of nitrogens with two attached hydrogens (primary N) is 1. The van der Waals surface area contributed by atoms with Gasteiger partial charge in [-0.15, -0.1) is 0 Å². The van der Waals surface area contributed by atoms with Gasteiger partial charge in [0, 0.05) is 19.4 Å². The summed E-state index contributed by atoms with van der Waals surface area (Å²) in [5.74, 6) is 4.84. The molecule has 0 rings (SSSR count). The molecule has 0 aliphatic carbocycles. The third kappa shape index (κ3) is 3.30. The van der Waals surface area contributed by atoms with Crippen LogP contribution in [0.2, 0.25) is 0 Å². The normalized spacial score (nSPS) is 9.00. The number of rotatable bonds is 2. The van der Waals surface area contributed by atoms with Crippen LogP contribution < -0.4 is 16.6 Å². The molecule has 3 nitrogen and oxygen atoms in total. The second kappa shape index (κ2) is 4.30. The average Bonchev–Trinajstić information content (AvgIpc) is 1.61. The predicted octanol–water partition coefficient (Wildman–Crippen LogP) is -0.860. The Bertz CT molecular complexity index is 35.3. The Labute approximate surface area is 37.2 Å². The average molecular weight is 87.1 g/mol. The lowest BCUT2D eigenvalue weighted by atomic mass is 10.9. The van der Waals surface area contributed by atoms with Crippen LogP contribution in [0.4, 0.5) is 0 Å². The van der Waals surface area contributed by atoms with E-state index in [1.54, 1.807) is 19.4 Å². The van der Waals surface area contributed by atoms with E-state index in [1.807, 2.05) is 0 Å². The fourth-order valence-electron chi connectivity index (χ4n) is 0.131. The van der Waals surface area contributed by atoms with Gasteiger partial charge in [-0.25, -0.2) is 0 Å². The number of hydrogen-bond acceptors (Lipinski definition) is 3. The molecule has 0 atom stereocenters. The van der Waals surface area contributed by atoms with E-state index in [0.29, 0.717) is 0 Å². The fourth-order valence-corrected chi connectivity index (χ4v) is 0.131. The molecular formula is C3H9N3. The third-order valence-corrected chi connectivity index (χ3v) is 0.346. The van der Waals surface area contributed by atoms with Gasteiger partial charge in [-0.1, -0.05) is 0 Å². The van der Waals surface area contributed by atoms with Crippen LogP contribution in [0, 0.1) is 0 Å². The van der Waals surface area contributed by atoms with Gasteiger partial charge in [0.15, 0.2) is 0 Å². The molecule has 0 bridgehead atoms. The van der Waals surface area contributed by atoms with Gasteiger partial charge in [-0.2, -0.15) is 0 Å². The Balaban J connectivity index is 2.73.